The van der Waals surface area contributed by atoms with Crippen molar-refractivity contribution < 1.29 is 4.79 Å². The quantitative estimate of drug-likeness (QED) is 0.740. The summed E-state index contributed by atoms with van der Waals surface area (Å²) in [7, 11) is 0. The minimum atomic E-state index is 0.617. The fourth-order valence-electron chi connectivity index (χ4n) is 1.70. The topological polar surface area (TPSA) is 32.9 Å². The number of nitrogens with one attached hydrogen (secondary N) is 1. The van der Waals surface area contributed by atoms with Crippen LogP contribution in [-0.2, 0) is 0 Å². The average molecular weight is 199 g/mol. The molecule has 0 saturated heterocycles. The van der Waals surface area contributed by atoms with Crippen LogP contribution in [0.25, 0.3) is 11.1 Å². The molecule has 15 heavy (non-hydrogen) atoms. The van der Waals surface area contributed by atoms with Crippen LogP contribution in [-0.4, -0.2) is 11.3 Å². The molecule has 0 bridgehead atoms. The van der Waals surface area contributed by atoms with Gasteiger partial charge in [0.05, 0.1) is 5.69 Å². The van der Waals surface area contributed by atoms with Crippen LogP contribution >= 0.6 is 0 Å². The van der Waals surface area contributed by atoms with E-state index in [1.807, 2.05) is 18.3 Å². The Bertz CT molecular complexity index is 497. The molecule has 0 amide bonds. The van der Waals surface area contributed by atoms with Gasteiger partial charge in [-0.2, -0.15) is 0 Å². The fraction of sp³-hybridized carbons (Fsp3) is 0.154. The molecule has 2 nitrogen and oxygen atoms in total. The Morgan fingerprint density at radius 3 is 2.73 bits per heavy atom. The van der Waals surface area contributed by atoms with Crippen LogP contribution in [0, 0.1) is 13.8 Å². The number of aromatic nitrogens is 1. The van der Waals surface area contributed by atoms with Crippen LogP contribution < -0.4 is 0 Å². The first-order valence-corrected chi connectivity index (χ1v) is 4.92. The van der Waals surface area contributed by atoms with E-state index >= 15 is 0 Å². The van der Waals surface area contributed by atoms with Crippen molar-refractivity contribution in [2.45, 2.75) is 13.8 Å². The third kappa shape index (κ3) is 1.71. The molecule has 1 heterocycles. The first-order valence-electron chi connectivity index (χ1n) is 4.92. The van der Waals surface area contributed by atoms with Crippen molar-refractivity contribution in [3.63, 3.8) is 0 Å². The summed E-state index contributed by atoms with van der Waals surface area (Å²) >= 11 is 0. The van der Waals surface area contributed by atoms with Gasteiger partial charge in [-0.25, -0.2) is 0 Å². The minimum Gasteiger partial charge on any atom is -0.358 e. The molecule has 2 rings (SSSR count). The van der Waals surface area contributed by atoms with Crippen molar-refractivity contribution in [1.82, 2.24) is 4.98 Å². The molecule has 76 valence electrons. The molecule has 1 aromatic heterocycles. The molecule has 0 atom stereocenters. The Balaban J connectivity index is 2.53. The molecule has 0 aliphatic carbocycles. The van der Waals surface area contributed by atoms with Crippen molar-refractivity contribution in [3.8, 4) is 11.1 Å². The molecule has 0 spiro atoms. The Labute approximate surface area is 89.0 Å². The number of hydrogen-bond donors (Lipinski definition) is 1. The maximum absolute atomic E-state index is 10.6. The zero-order chi connectivity index (χ0) is 10.8. The SMILES string of the molecule is Cc1cccc(-c2c[nH]c(C=O)c2)c1C. The van der Waals surface area contributed by atoms with Crippen molar-refractivity contribution in [2.75, 3.05) is 0 Å². The predicted molar refractivity (Wildman–Crippen MR) is 61.1 cm³/mol. The van der Waals surface area contributed by atoms with Gasteiger partial charge in [-0.15, -0.1) is 0 Å². The lowest BCUT2D eigenvalue weighted by Crippen LogP contribution is -1.84. The normalized spacial score (nSPS) is 10.3. The van der Waals surface area contributed by atoms with Crippen molar-refractivity contribution in [1.29, 1.82) is 0 Å². The molecule has 0 radical (unpaired) electrons. The van der Waals surface area contributed by atoms with Gasteiger partial charge in [0.2, 0.25) is 0 Å². The number of H-pyrrole nitrogens is 1. The van der Waals surface area contributed by atoms with Crippen LogP contribution in [0.1, 0.15) is 21.6 Å². The van der Waals surface area contributed by atoms with Gasteiger partial charge < -0.3 is 4.98 Å². The molecule has 0 aliphatic rings. The van der Waals surface area contributed by atoms with Gasteiger partial charge in [-0.05, 0) is 36.6 Å². The Morgan fingerprint density at radius 2 is 2.07 bits per heavy atom. The highest BCUT2D eigenvalue weighted by Crippen LogP contribution is 2.25. The monoisotopic (exact) mass is 199 g/mol. The minimum absolute atomic E-state index is 0.617. The van der Waals surface area contributed by atoms with E-state index in [9.17, 15) is 4.79 Å². The van der Waals surface area contributed by atoms with Gasteiger partial charge in [0.1, 0.15) is 0 Å². The van der Waals surface area contributed by atoms with Crippen molar-refractivity contribution >= 4 is 6.29 Å². The fourth-order valence-corrected chi connectivity index (χ4v) is 1.70. The molecule has 2 aromatic rings. The second kappa shape index (κ2) is 3.73. The van der Waals surface area contributed by atoms with Crippen LogP contribution in [0.4, 0.5) is 0 Å². The Kier molecular flexibility index (Phi) is 2.42. The number of aldehydes is 1. The van der Waals surface area contributed by atoms with Gasteiger partial charge in [-0.1, -0.05) is 18.2 Å². The van der Waals surface area contributed by atoms with Gasteiger partial charge in [-0.3, -0.25) is 4.79 Å². The van der Waals surface area contributed by atoms with E-state index in [2.05, 4.69) is 31.0 Å². The molecule has 0 unspecified atom stereocenters. The number of carbonyl (C=O) groups is 1. The summed E-state index contributed by atoms with van der Waals surface area (Å²) in [4.78, 5) is 13.5. The van der Waals surface area contributed by atoms with E-state index in [1.54, 1.807) is 0 Å². The number of rotatable bonds is 2. The third-order valence-electron chi connectivity index (χ3n) is 2.75. The molecular formula is C13H13NO. The highest BCUT2D eigenvalue weighted by atomic mass is 16.1. The molecular weight excluding hydrogens is 186 g/mol. The van der Waals surface area contributed by atoms with Crippen LogP contribution in [0.3, 0.4) is 0 Å². The van der Waals surface area contributed by atoms with Gasteiger partial charge in [0, 0.05) is 11.8 Å². The zero-order valence-corrected chi connectivity index (χ0v) is 8.87. The summed E-state index contributed by atoms with van der Waals surface area (Å²) in [6.45, 7) is 4.18. The molecule has 0 saturated carbocycles. The van der Waals surface area contributed by atoms with E-state index in [1.165, 1.54) is 16.7 Å². The third-order valence-corrected chi connectivity index (χ3v) is 2.75. The van der Waals surface area contributed by atoms with Crippen molar-refractivity contribution in [3.05, 3.63) is 47.3 Å². The zero-order valence-electron chi connectivity index (χ0n) is 8.87. The summed E-state index contributed by atoms with van der Waals surface area (Å²) in [5.74, 6) is 0. The highest BCUT2D eigenvalue weighted by molar-refractivity contribution is 5.78. The number of aromatic amines is 1. The summed E-state index contributed by atoms with van der Waals surface area (Å²) in [6, 6.07) is 8.06. The van der Waals surface area contributed by atoms with Gasteiger partial charge in [0.25, 0.3) is 0 Å². The molecule has 1 aromatic carbocycles. The lowest BCUT2D eigenvalue weighted by Gasteiger charge is -2.05. The molecule has 2 heteroatoms. The summed E-state index contributed by atoms with van der Waals surface area (Å²) in [5.41, 5.74) is 5.39. The largest absolute Gasteiger partial charge is 0.358 e. The first-order chi connectivity index (χ1) is 7.22. The van der Waals surface area contributed by atoms with Crippen LogP contribution in [0.2, 0.25) is 0 Å². The summed E-state index contributed by atoms with van der Waals surface area (Å²) in [5, 5.41) is 0. The van der Waals surface area contributed by atoms with Crippen LogP contribution in [0.15, 0.2) is 30.5 Å². The highest BCUT2D eigenvalue weighted by Gasteiger charge is 2.05. The van der Waals surface area contributed by atoms with E-state index in [-0.39, 0.29) is 0 Å². The number of aryl methyl sites for hydroxylation is 1. The summed E-state index contributed by atoms with van der Waals surface area (Å²) in [6.07, 6.45) is 2.69. The first kappa shape index (κ1) is 9.71. The van der Waals surface area contributed by atoms with Crippen LogP contribution in [0.5, 0.6) is 0 Å². The van der Waals surface area contributed by atoms with Gasteiger partial charge >= 0.3 is 0 Å². The van der Waals surface area contributed by atoms with E-state index in [0.717, 1.165) is 11.8 Å². The second-order valence-corrected chi connectivity index (χ2v) is 3.71. The van der Waals surface area contributed by atoms with Crippen molar-refractivity contribution in [2.24, 2.45) is 0 Å². The second-order valence-electron chi connectivity index (χ2n) is 3.71. The Hall–Kier alpha value is -1.83. The van der Waals surface area contributed by atoms with E-state index < -0.39 is 0 Å². The lowest BCUT2D eigenvalue weighted by atomic mass is 9.99. The molecule has 0 fully saturated rings. The van der Waals surface area contributed by atoms with E-state index in [0.29, 0.717) is 5.69 Å². The smallest absolute Gasteiger partial charge is 0.166 e. The Morgan fingerprint density at radius 1 is 1.27 bits per heavy atom. The molecule has 0 aliphatic heterocycles. The number of hydrogen-bond acceptors (Lipinski definition) is 1. The number of benzene rings is 1. The maximum atomic E-state index is 10.6. The van der Waals surface area contributed by atoms with E-state index in [4.69, 9.17) is 0 Å². The van der Waals surface area contributed by atoms with Gasteiger partial charge in [0.15, 0.2) is 6.29 Å². The predicted octanol–water partition coefficient (Wildman–Crippen LogP) is 3.11. The average Bonchev–Trinajstić information content (AvgIpc) is 2.70. The lowest BCUT2D eigenvalue weighted by molar-refractivity contribution is 0.111. The summed E-state index contributed by atoms with van der Waals surface area (Å²) < 4.78 is 0. The maximum Gasteiger partial charge on any atom is 0.166 e. The molecule has 1 N–H and O–H groups in total. The number of carbonyl (C=O) groups excluding carboxylic acids is 1. The standard InChI is InChI=1S/C13H13NO/c1-9-4-3-5-13(10(9)2)11-6-12(8-15)14-7-11/h3-8,14H,1-2H3.